The van der Waals surface area contributed by atoms with Gasteiger partial charge >= 0.3 is 0 Å². The molecule has 3 aromatic rings. The molecular weight excluding hydrogens is 264 g/mol. The van der Waals surface area contributed by atoms with E-state index >= 15 is 0 Å². The second-order valence-electron chi connectivity index (χ2n) is 5.03. The van der Waals surface area contributed by atoms with E-state index in [-0.39, 0.29) is 5.56 Å². The topological polar surface area (TPSA) is 72.9 Å². The standard InChI is InChI=1S/C16H16N4O/c1-10-7-8-14(11(2)9-10)20-15(21)12-5-3-4-6-13(12)18-16(20)19-17/h3-9H,17H2,1-2H3,(H,18,19). The first kappa shape index (κ1) is 13.3. The lowest BCUT2D eigenvalue weighted by Gasteiger charge is -2.15. The highest BCUT2D eigenvalue weighted by Crippen LogP contribution is 2.19. The number of aromatic nitrogens is 2. The monoisotopic (exact) mass is 280 g/mol. The SMILES string of the molecule is Cc1ccc(-n2c(NN)nc3ccccc3c2=O)c(C)c1. The molecule has 0 bridgehead atoms. The normalized spacial score (nSPS) is 10.8. The van der Waals surface area contributed by atoms with Gasteiger partial charge in [0.25, 0.3) is 5.56 Å². The van der Waals surface area contributed by atoms with E-state index in [9.17, 15) is 4.79 Å². The van der Waals surface area contributed by atoms with E-state index in [1.807, 2.05) is 44.2 Å². The number of aryl methyl sites for hydroxylation is 2. The second kappa shape index (κ2) is 5.03. The number of anilines is 1. The molecule has 3 N–H and O–H groups in total. The summed E-state index contributed by atoms with van der Waals surface area (Å²) in [7, 11) is 0. The van der Waals surface area contributed by atoms with Crippen molar-refractivity contribution in [3.63, 3.8) is 0 Å². The van der Waals surface area contributed by atoms with Crippen LogP contribution >= 0.6 is 0 Å². The highest BCUT2D eigenvalue weighted by Gasteiger charge is 2.13. The number of rotatable bonds is 2. The van der Waals surface area contributed by atoms with Crippen molar-refractivity contribution in [3.05, 3.63) is 63.9 Å². The summed E-state index contributed by atoms with van der Waals surface area (Å²) in [5, 5.41) is 0.566. The summed E-state index contributed by atoms with van der Waals surface area (Å²) < 4.78 is 1.51. The van der Waals surface area contributed by atoms with Gasteiger partial charge in [-0.2, -0.15) is 0 Å². The van der Waals surface area contributed by atoms with Gasteiger partial charge in [0.15, 0.2) is 0 Å². The zero-order valence-corrected chi connectivity index (χ0v) is 11.9. The van der Waals surface area contributed by atoms with Gasteiger partial charge < -0.3 is 0 Å². The summed E-state index contributed by atoms with van der Waals surface area (Å²) in [6, 6.07) is 13.1. The summed E-state index contributed by atoms with van der Waals surface area (Å²) in [6.07, 6.45) is 0. The number of nitrogens with zero attached hydrogens (tertiary/aromatic N) is 2. The summed E-state index contributed by atoms with van der Waals surface area (Å²) in [6.45, 7) is 3.98. The van der Waals surface area contributed by atoms with E-state index in [1.165, 1.54) is 4.57 Å². The van der Waals surface area contributed by atoms with Crippen LogP contribution in [-0.4, -0.2) is 9.55 Å². The predicted octanol–water partition coefficient (Wildman–Crippen LogP) is 2.29. The van der Waals surface area contributed by atoms with Gasteiger partial charge in [-0.05, 0) is 37.6 Å². The van der Waals surface area contributed by atoms with Gasteiger partial charge in [0.2, 0.25) is 5.95 Å². The molecule has 2 aromatic carbocycles. The van der Waals surface area contributed by atoms with Crippen LogP contribution in [0.2, 0.25) is 0 Å². The summed E-state index contributed by atoms with van der Waals surface area (Å²) in [5.41, 5.74) is 5.91. The molecular formula is C16H16N4O. The van der Waals surface area contributed by atoms with Crippen LogP contribution < -0.4 is 16.8 Å². The number of nitrogen functional groups attached to an aromatic ring is 1. The molecule has 1 aromatic heterocycles. The van der Waals surface area contributed by atoms with Gasteiger partial charge in [-0.25, -0.2) is 15.4 Å². The van der Waals surface area contributed by atoms with E-state index in [0.717, 1.165) is 16.8 Å². The number of hydrogen-bond donors (Lipinski definition) is 2. The highest BCUT2D eigenvalue weighted by atomic mass is 16.1. The van der Waals surface area contributed by atoms with E-state index in [0.29, 0.717) is 16.9 Å². The van der Waals surface area contributed by atoms with Crippen molar-refractivity contribution in [2.45, 2.75) is 13.8 Å². The molecule has 3 rings (SSSR count). The summed E-state index contributed by atoms with van der Waals surface area (Å²) in [4.78, 5) is 17.2. The van der Waals surface area contributed by atoms with Crippen LogP contribution in [0, 0.1) is 13.8 Å². The van der Waals surface area contributed by atoms with Crippen molar-refractivity contribution in [3.8, 4) is 5.69 Å². The molecule has 0 saturated heterocycles. The summed E-state index contributed by atoms with van der Waals surface area (Å²) in [5.74, 6) is 5.88. The van der Waals surface area contributed by atoms with Crippen LogP contribution in [0.5, 0.6) is 0 Å². The molecule has 0 aliphatic heterocycles. The number of hydrogen-bond acceptors (Lipinski definition) is 4. The molecule has 106 valence electrons. The number of fused-ring (bicyclic) bond motifs is 1. The van der Waals surface area contributed by atoms with E-state index in [1.54, 1.807) is 12.1 Å². The maximum absolute atomic E-state index is 12.8. The van der Waals surface area contributed by atoms with Crippen LogP contribution in [0.15, 0.2) is 47.3 Å². The van der Waals surface area contributed by atoms with E-state index in [2.05, 4.69) is 10.4 Å². The molecule has 0 atom stereocenters. The quantitative estimate of drug-likeness (QED) is 0.558. The molecule has 0 radical (unpaired) electrons. The molecule has 0 aliphatic rings. The Labute approximate surface area is 122 Å². The first-order chi connectivity index (χ1) is 10.1. The zero-order valence-electron chi connectivity index (χ0n) is 11.9. The Morgan fingerprint density at radius 1 is 1.14 bits per heavy atom. The molecule has 5 nitrogen and oxygen atoms in total. The smallest absolute Gasteiger partial charge is 0.267 e. The van der Waals surface area contributed by atoms with Crippen molar-refractivity contribution in [1.82, 2.24) is 9.55 Å². The maximum Gasteiger partial charge on any atom is 0.267 e. The third-order valence-electron chi connectivity index (χ3n) is 3.50. The molecule has 1 heterocycles. The first-order valence-electron chi connectivity index (χ1n) is 6.68. The molecule has 21 heavy (non-hydrogen) atoms. The number of benzene rings is 2. The third-order valence-corrected chi connectivity index (χ3v) is 3.50. The van der Waals surface area contributed by atoms with Crippen molar-refractivity contribution in [2.75, 3.05) is 5.43 Å². The largest absolute Gasteiger partial charge is 0.293 e. The number of nitrogens with one attached hydrogen (secondary N) is 1. The van der Waals surface area contributed by atoms with Crippen LogP contribution in [0.1, 0.15) is 11.1 Å². The Bertz CT molecular complexity index is 883. The van der Waals surface area contributed by atoms with Gasteiger partial charge in [0.05, 0.1) is 16.6 Å². The molecule has 0 aliphatic carbocycles. The van der Waals surface area contributed by atoms with Gasteiger partial charge in [0, 0.05) is 0 Å². The van der Waals surface area contributed by atoms with Crippen molar-refractivity contribution < 1.29 is 0 Å². The molecule has 5 heteroatoms. The van der Waals surface area contributed by atoms with Gasteiger partial charge in [-0.1, -0.05) is 29.8 Å². The Morgan fingerprint density at radius 3 is 2.62 bits per heavy atom. The molecule has 0 saturated carbocycles. The fraction of sp³-hybridized carbons (Fsp3) is 0.125. The highest BCUT2D eigenvalue weighted by molar-refractivity contribution is 5.79. The number of hydrazine groups is 1. The molecule has 0 unspecified atom stereocenters. The van der Waals surface area contributed by atoms with Crippen LogP contribution in [-0.2, 0) is 0 Å². The summed E-state index contributed by atoms with van der Waals surface area (Å²) >= 11 is 0. The minimum atomic E-state index is -0.138. The Kier molecular flexibility index (Phi) is 3.19. The lowest BCUT2D eigenvalue weighted by molar-refractivity contribution is 0.945. The Hall–Kier alpha value is -2.66. The van der Waals surface area contributed by atoms with Crippen LogP contribution in [0.4, 0.5) is 5.95 Å². The lowest BCUT2D eigenvalue weighted by atomic mass is 10.1. The maximum atomic E-state index is 12.8. The average molecular weight is 280 g/mol. The zero-order chi connectivity index (χ0) is 15.0. The van der Waals surface area contributed by atoms with Gasteiger partial charge in [-0.3, -0.25) is 10.2 Å². The average Bonchev–Trinajstić information content (AvgIpc) is 2.48. The van der Waals surface area contributed by atoms with Crippen LogP contribution in [0.25, 0.3) is 16.6 Å². The minimum absolute atomic E-state index is 0.138. The van der Waals surface area contributed by atoms with Crippen molar-refractivity contribution in [1.29, 1.82) is 0 Å². The second-order valence-corrected chi connectivity index (χ2v) is 5.03. The fourth-order valence-corrected chi connectivity index (χ4v) is 2.51. The van der Waals surface area contributed by atoms with Crippen LogP contribution in [0.3, 0.4) is 0 Å². The third kappa shape index (κ3) is 2.17. The van der Waals surface area contributed by atoms with Gasteiger partial charge in [0.1, 0.15) is 0 Å². The van der Waals surface area contributed by atoms with Gasteiger partial charge in [-0.15, -0.1) is 0 Å². The predicted molar refractivity (Wildman–Crippen MR) is 84.6 cm³/mol. The fourth-order valence-electron chi connectivity index (χ4n) is 2.51. The van der Waals surface area contributed by atoms with E-state index < -0.39 is 0 Å². The van der Waals surface area contributed by atoms with Crippen molar-refractivity contribution in [2.24, 2.45) is 5.84 Å². The lowest BCUT2D eigenvalue weighted by Crippen LogP contribution is -2.26. The first-order valence-corrected chi connectivity index (χ1v) is 6.68. The molecule has 0 amide bonds. The molecule has 0 spiro atoms. The molecule has 0 fully saturated rings. The number of para-hydroxylation sites is 1. The van der Waals surface area contributed by atoms with E-state index in [4.69, 9.17) is 5.84 Å². The number of nitrogens with two attached hydrogens (primary N) is 1. The Morgan fingerprint density at radius 2 is 1.90 bits per heavy atom. The minimum Gasteiger partial charge on any atom is -0.293 e. The Balaban J connectivity index is 2.41. The van der Waals surface area contributed by atoms with Crippen molar-refractivity contribution >= 4 is 16.9 Å².